The Morgan fingerprint density at radius 3 is 2.50 bits per heavy atom. The number of alkyl halides is 1. The number of nitrogens with zero attached hydrogens (tertiary/aromatic N) is 2. The summed E-state index contributed by atoms with van der Waals surface area (Å²) in [5.41, 5.74) is 1.93. The van der Waals surface area contributed by atoms with Gasteiger partial charge in [-0.2, -0.15) is 0 Å². The van der Waals surface area contributed by atoms with E-state index in [0.29, 0.717) is 4.83 Å². The van der Waals surface area contributed by atoms with E-state index in [1.54, 1.807) is 12.4 Å². The smallest absolute Gasteiger partial charge is 0.0720 e. The summed E-state index contributed by atoms with van der Waals surface area (Å²) in [4.78, 5) is 8.57. The van der Waals surface area contributed by atoms with Gasteiger partial charge in [-0.15, -0.1) is 0 Å². The second-order valence-corrected chi connectivity index (χ2v) is 3.57. The molecule has 0 spiro atoms. The van der Waals surface area contributed by atoms with Crippen LogP contribution >= 0.6 is 15.9 Å². The maximum absolute atomic E-state index is 4.17. The van der Waals surface area contributed by atoms with Crippen LogP contribution < -0.4 is 0 Å². The first-order valence-electron chi connectivity index (χ1n) is 3.13. The zero-order valence-corrected chi connectivity index (χ0v) is 7.59. The second kappa shape index (κ2) is 3.10. The lowest BCUT2D eigenvalue weighted by molar-refractivity contribution is 0.970. The molecule has 0 amide bonds. The van der Waals surface area contributed by atoms with Gasteiger partial charge >= 0.3 is 0 Å². The Morgan fingerprint density at radius 2 is 2.10 bits per heavy atom. The first-order valence-corrected chi connectivity index (χ1v) is 4.04. The van der Waals surface area contributed by atoms with Crippen molar-refractivity contribution in [3.63, 3.8) is 0 Å². The molecule has 10 heavy (non-hydrogen) atoms. The van der Waals surface area contributed by atoms with Crippen LogP contribution in [0, 0.1) is 6.92 Å². The highest BCUT2D eigenvalue weighted by Gasteiger charge is 2.00. The number of aromatic nitrogens is 2. The van der Waals surface area contributed by atoms with Crippen molar-refractivity contribution >= 4 is 15.9 Å². The number of rotatable bonds is 1. The van der Waals surface area contributed by atoms with Gasteiger partial charge in [0.25, 0.3) is 0 Å². The molecule has 54 valence electrons. The summed E-state index contributed by atoms with van der Waals surface area (Å²) in [6.07, 6.45) is 3.56. The molecular weight excluding hydrogens is 192 g/mol. The number of aryl methyl sites for hydroxylation is 1. The highest BCUT2D eigenvalue weighted by Crippen LogP contribution is 2.17. The molecule has 0 aliphatic carbocycles. The van der Waals surface area contributed by atoms with Gasteiger partial charge in [0.2, 0.25) is 0 Å². The van der Waals surface area contributed by atoms with Gasteiger partial charge in [-0.25, -0.2) is 0 Å². The molecule has 2 nitrogen and oxygen atoms in total. The van der Waals surface area contributed by atoms with Crippen LogP contribution in [-0.4, -0.2) is 9.97 Å². The summed E-state index contributed by atoms with van der Waals surface area (Å²) < 4.78 is 0. The van der Waals surface area contributed by atoms with Gasteiger partial charge in [-0.05, 0) is 13.8 Å². The standard InChI is InChI=1S/C7H9BrN2/c1-5-3-10-7(4-9-5)6(2)8/h3-4,6H,1-2H3/t6-/m0/s1. The fourth-order valence-electron chi connectivity index (χ4n) is 0.608. The Kier molecular flexibility index (Phi) is 2.38. The number of hydrogen-bond acceptors (Lipinski definition) is 2. The van der Waals surface area contributed by atoms with Gasteiger partial charge in [0.05, 0.1) is 16.2 Å². The molecule has 1 aromatic rings. The lowest BCUT2D eigenvalue weighted by Gasteiger charge is -1.99. The van der Waals surface area contributed by atoms with E-state index >= 15 is 0 Å². The fraction of sp³-hybridized carbons (Fsp3) is 0.429. The second-order valence-electron chi connectivity index (χ2n) is 2.20. The van der Waals surface area contributed by atoms with Gasteiger partial charge in [0.15, 0.2) is 0 Å². The molecule has 3 heteroatoms. The Balaban J connectivity index is 2.89. The van der Waals surface area contributed by atoms with Gasteiger partial charge in [-0.1, -0.05) is 15.9 Å². The SMILES string of the molecule is Cc1cnc([C@H](C)Br)cn1. The van der Waals surface area contributed by atoms with Crippen molar-refractivity contribution < 1.29 is 0 Å². The minimum absolute atomic E-state index is 0.292. The van der Waals surface area contributed by atoms with E-state index in [1.165, 1.54) is 0 Å². The quantitative estimate of drug-likeness (QED) is 0.651. The summed E-state index contributed by atoms with van der Waals surface area (Å²) >= 11 is 3.40. The van der Waals surface area contributed by atoms with Gasteiger partial charge in [-0.3, -0.25) is 9.97 Å². The van der Waals surface area contributed by atoms with Crippen LogP contribution in [0.1, 0.15) is 23.1 Å². The molecule has 0 saturated carbocycles. The molecule has 1 heterocycles. The molecule has 0 aromatic carbocycles. The highest BCUT2D eigenvalue weighted by atomic mass is 79.9. The van der Waals surface area contributed by atoms with E-state index in [2.05, 4.69) is 25.9 Å². The summed E-state index contributed by atoms with van der Waals surface area (Å²) in [6.45, 7) is 3.95. The normalized spacial score (nSPS) is 13.1. The summed E-state index contributed by atoms with van der Waals surface area (Å²) in [5.74, 6) is 0. The van der Waals surface area contributed by atoms with Crippen molar-refractivity contribution in [3.05, 3.63) is 23.8 Å². The van der Waals surface area contributed by atoms with Crippen molar-refractivity contribution in [3.8, 4) is 0 Å². The van der Waals surface area contributed by atoms with E-state index in [-0.39, 0.29) is 0 Å². The van der Waals surface area contributed by atoms with E-state index in [4.69, 9.17) is 0 Å². The first kappa shape index (κ1) is 7.66. The van der Waals surface area contributed by atoms with Crippen LogP contribution in [0.3, 0.4) is 0 Å². The van der Waals surface area contributed by atoms with Crippen molar-refractivity contribution in [2.75, 3.05) is 0 Å². The van der Waals surface area contributed by atoms with Crippen LogP contribution in [0.25, 0.3) is 0 Å². The molecule has 0 radical (unpaired) electrons. The molecule has 1 rings (SSSR count). The zero-order valence-electron chi connectivity index (χ0n) is 6.00. The third kappa shape index (κ3) is 1.77. The molecular formula is C7H9BrN2. The molecule has 1 aromatic heterocycles. The number of hydrogen-bond donors (Lipinski definition) is 0. The van der Waals surface area contributed by atoms with E-state index in [9.17, 15) is 0 Å². The molecule has 0 unspecified atom stereocenters. The van der Waals surface area contributed by atoms with Crippen LogP contribution in [0.2, 0.25) is 0 Å². The van der Waals surface area contributed by atoms with Crippen molar-refractivity contribution in [1.29, 1.82) is 0 Å². The molecule has 0 saturated heterocycles. The van der Waals surface area contributed by atoms with Gasteiger partial charge in [0.1, 0.15) is 0 Å². The minimum atomic E-state index is 0.292. The third-order valence-corrected chi connectivity index (χ3v) is 1.68. The summed E-state index contributed by atoms with van der Waals surface area (Å²) in [5, 5.41) is 0. The minimum Gasteiger partial charge on any atom is -0.258 e. The van der Waals surface area contributed by atoms with Crippen LogP contribution in [-0.2, 0) is 0 Å². The van der Waals surface area contributed by atoms with Crippen molar-refractivity contribution in [1.82, 2.24) is 9.97 Å². The van der Waals surface area contributed by atoms with E-state index in [1.807, 2.05) is 13.8 Å². The highest BCUT2D eigenvalue weighted by molar-refractivity contribution is 9.09. The fourth-order valence-corrected chi connectivity index (χ4v) is 0.844. The Bertz CT molecular complexity index is 205. The average Bonchev–Trinajstić information content (AvgIpc) is 1.88. The van der Waals surface area contributed by atoms with E-state index in [0.717, 1.165) is 11.4 Å². The molecule has 0 aliphatic rings. The zero-order chi connectivity index (χ0) is 7.56. The number of halogens is 1. The predicted molar refractivity (Wildman–Crippen MR) is 44.1 cm³/mol. The monoisotopic (exact) mass is 200 g/mol. The maximum Gasteiger partial charge on any atom is 0.0720 e. The lowest BCUT2D eigenvalue weighted by Crippen LogP contribution is -1.91. The lowest BCUT2D eigenvalue weighted by atomic mass is 10.3. The van der Waals surface area contributed by atoms with Crippen molar-refractivity contribution in [2.24, 2.45) is 0 Å². The Morgan fingerprint density at radius 1 is 1.40 bits per heavy atom. The average molecular weight is 201 g/mol. The molecule has 0 N–H and O–H groups in total. The van der Waals surface area contributed by atoms with Crippen LogP contribution in [0.4, 0.5) is 0 Å². The van der Waals surface area contributed by atoms with Gasteiger partial charge in [0, 0.05) is 12.4 Å². The topological polar surface area (TPSA) is 25.8 Å². The first-order chi connectivity index (χ1) is 4.70. The predicted octanol–water partition coefficient (Wildman–Crippen LogP) is 2.24. The summed E-state index contributed by atoms with van der Waals surface area (Å²) in [6, 6.07) is 0. The van der Waals surface area contributed by atoms with Gasteiger partial charge < -0.3 is 0 Å². The van der Waals surface area contributed by atoms with E-state index < -0.39 is 0 Å². The van der Waals surface area contributed by atoms with Crippen LogP contribution in [0.15, 0.2) is 12.4 Å². The molecule has 0 bridgehead atoms. The summed E-state index contributed by atoms with van der Waals surface area (Å²) in [7, 11) is 0. The maximum atomic E-state index is 4.17. The Labute approximate surface area is 68.8 Å². The third-order valence-electron chi connectivity index (χ3n) is 1.21. The molecule has 0 aliphatic heterocycles. The van der Waals surface area contributed by atoms with Crippen molar-refractivity contribution in [2.45, 2.75) is 18.7 Å². The largest absolute Gasteiger partial charge is 0.258 e. The molecule has 1 atom stereocenters. The molecule has 0 fully saturated rings. The Hall–Kier alpha value is -0.440. The van der Waals surface area contributed by atoms with Crippen LogP contribution in [0.5, 0.6) is 0 Å².